The van der Waals surface area contributed by atoms with Gasteiger partial charge in [0.2, 0.25) is 0 Å². The van der Waals surface area contributed by atoms with Crippen LogP contribution in [0.4, 0.5) is 0 Å². The molecule has 1 aliphatic rings. The van der Waals surface area contributed by atoms with E-state index in [0.717, 1.165) is 11.1 Å². The number of carboxylic acids is 1. The van der Waals surface area contributed by atoms with Crippen molar-refractivity contribution in [3.05, 3.63) is 114 Å². The van der Waals surface area contributed by atoms with Gasteiger partial charge in [-0.25, -0.2) is 0 Å². The van der Waals surface area contributed by atoms with E-state index in [2.05, 4.69) is 6.07 Å². The van der Waals surface area contributed by atoms with Gasteiger partial charge in [-0.3, -0.25) is 9.59 Å². The van der Waals surface area contributed by atoms with E-state index in [0.29, 0.717) is 22.6 Å². The van der Waals surface area contributed by atoms with E-state index in [1.807, 2.05) is 30.3 Å². The average Bonchev–Trinajstić information content (AvgIpc) is 2.97. The van der Waals surface area contributed by atoms with Crippen molar-refractivity contribution >= 4 is 11.9 Å². The smallest absolute Gasteiger partial charge is 0.315 e. The number of nitrogens with zero attached hydrogens (tertiary/aromatic N) is 1. The van der Waals surface area contributed by atoms with Crippen molar-refractivity contribution in [1.82, 2.24) is 0 Å². The first-order valence-electron chi connectivity index (χ1n) is 12.8. The van der Waals surface area contributed by atoms with Gasteiger partial charge in [-0.15, -0.1) is 0 Å². The highest BCUT2D eigenvalue weighted by molar-refractivity contribution is 5.87. The Labute approximate surface area is 232 Å². The molecule has 0 bridgehead atoms. The van der Waals surface area contributed by atoms with Crippen molar-refractivity contribution in [1.29, 1.82) is 5.26 Å². The molecule has 0 amide bonds. The number of carboxylic acid groups (broad SMARTS) is 1. The van der Waals surface area contributed by atoms with E-state index in [1.54, 1.807) is 66.7 Å². The molecule has 0 radical (unpaired) electrons. The molecule has 1 saturated carbocycles. The standard InChI is InChI=1S/C33H27NO6/c1-38-25-14-8-6-12-23(25)28-30(32(35)36)29(24-13-7-9-15-26(24)39-2)31(28)33(37)40-27-18-21(16-17-22(27)19-34)20-10-4-3-5-11-20/h3-18,28-31H,1-2H3,(H,35,36). The largest absolute Gasteiger partial charge is 0.496 e. The van der Waals surface area contributed by atoms with Crippen LogP contribution in [-0.2, 0) is 9.59 Å². The summed E-state index contributed by atoms with van der Waals surface area (Å²) in [6, 6.07) is 30.9. The van der Waals surface area contributed by atoms with E-state index < -0.39 is 35.6 Å². The van der Waals surface area contributed by atoms with Gasteiger partial charge in [0.15, 0.2) is 0 Å². The number of aliphatic carboxylic acids is 1. The second-order valence-electron chi connectivity index (χ2n) is 9.54. The molecule has 1 aliphatic carbocycles. The lowest BCUT2D eigenvalue weighted by Gasteiger charge is -2.49. The van der Waals surface area contributed by atoms with Crippen LogP contribution in [0.2, 0.25) is 0 Å². The molecule has 7 heteroatoms. The molecule has 4 aromatic carbocycles. The zero-order valence-electron chi connectivity index (χ0n) is 22.0. The Morgan fingerprint density at radius 1 is 0.700 bits per heavy atom. The van der Waals surface area contributed by atoms with Crippen LogP contribution >= 0.6 is 0 Å². The number of carbonyl (C=O) groups is 2. The number of ether oxygens (including phenoxy) is 3. The van der Waals surface area contributed by atoms with Crippen molar-refractivity contribution in [2.75, 3.05) is 14.2 Å². The second-order valence-corrected chi connectivity index (χ2v) is 9.54. The third-order valence-corrected chi connectivity index (χ3v) is 7.52. The summed E-state index contributed by atoms with van der Waals surface area (Å²) < 4.78 is 17.0. The fraction of sp³-hybridized carbons (Fsp3) is 0.182. The maximum atomic E-state index is 14.0. The van der Waals surface area contributed by atoms with E-state index >= 15 is 0 Å². The molecular weight excluding hydrogens is 506 g/mol. The number of esters is 1. The molecule has 0 aromatic heterocycles. The van der Waals surface area contributed by atoms with Gasteiger partial charge in [0.05, 0.1) is 31.6 Å². The molecular formula is C33H27NO6. The number of rotatable bonds is 8. The predicted molar refractivity (Wildman–Crippen MR) is 148 cm³/mol. The van der Waals surface area contributed by atoms with Crippen LogP contribution in [0.5, 0.6) is 17.2 Å². The summed E-state index contributed by atoms with van der Waals surface area (Å²) in [6.07, 6.45) is 0. The molecule has 2 atom stereocenters. The fourth-order valence-corrected chi connectivity index (χ4v) is 5.69. The van der Waals surface area contributed by atoms with Crippen molar-refractivity contribution in [3.63, 3.8) is 0 Å². The number of methoxy groups -OCH3 is 2. The van der Waals surface area contributed by atoms with Crippen LogP contribution in [0.3, 0.4) is 0 Å². The minimum absolute atomic E-state index is 0.116. The summed E-state index contributed by atoms with van der Waals surface area (Å²) in [7, 11) is 3.01. The minimum atomic E-state index is -1.04. The fourth-order valence-electron chi connectivity index (χ4n) is 5.69. The Kier molecular flexibility index (Phi) is 7.52. The molecule has 5 rings (SSSR count). The summed E-state index contributed by atoms with van der Waals surface area (Å²) in [5.41, 5.74) is 3.08. The van der Waals surface area contributed by atoms with E-state index in [4.69, 9.17) is 14.2 Å². The van der Waals surface area contributed by atoms with Crippen LogP contribution in [-0.4, -0.2) is 31.3 Å². The summed E-state index contributed by atoms with van der Waals surface area (Å²) in [4.78, 5) is 26.7. The number of hydrogen-bond donors (Lipinski definition) is 1. The molecule has 0 heterocycles. The molecule has 0 spiro atoms. The Bertz CT molecular complexity index is 1540. The van der Waals surface area contributed by atoms with Crippen molar-refractivity contribution < 1.29 is 28.9 Å². The SMILES string of the molecule is COc1ccccc1C1C(C(=O)O)C(c2ccccc2OC)C1C(=O)Oc1cc(-c2ccccc2)ccc1C#N. The topological polar surface area (TPSA) is 106 Å². The molecule has 200 valence electrons. The summed E-state index contributed by atoms with van der Waals surface area (Å²) in [5, 5.41) is 20.1. The van der Waals surface area contributed by atoms with E-state index in [1.165, 1.54) is 14.2 Å². The number of nitriles is 1. The van der Waals surface area contributed by atoms with Crippen molar-refractivity contribution in [2.45, 2.75) is 11.8 Å². The van der Waals surface area contributed by atoms with Crippen LogP contribution in [0.1, 0.15) is 28.5 Å². The molecule has 0 aliphatic heterocycles. The van der Waals surface area contributed by atoms with Crippen molar-refractivity contribution in [3.8, 4) is 34.4 Å². The van der Waals surface area contributed by atoms with Crippen molar-refractivity contribution in [2.24, 2.45) is 11.8 Å². The maximum absolute atomic E-state index is 14.0. The predicted octanol–water partition coefficient (Wildman–Crippen LogP) is 6.05. The van der Waals surface area contributed by atoms with E-state index in [9.17, 15) is 20.0 Å². The lowest BCUT2D eigenvalue weighted by Crippen LogP contribution is -2.52. The quantitative estimate of drug-likeness (QED) is 0.217. The molecule has 1 fully saturated rings. The number of para-hydroxylation sites is 2. The lowest BCUT2D eigenvalue weighted by molar-refractivity contribution is -0.158. The molecule has 0 saturated heterocycles. The third kappa shape index (κ3) is 4.76. The molecule has 7 nitrogen and oxygen atoms in total. The molecule has 2 unspecified atom stereocenters. The van der Waals surface area contributed by atoms with Gasteiger partial charge in [-0.1, -0.05) is 72.8 Å². The first-order chi connectivity index (χ1) is 19.5. The lowest BCUT2D eigenvalue weighted by atomic mass is 9.52. The second kappa shape index (κ2) is 11.3. The summed E-state index contributed by atoms with van der Waals surface area (Å²) >= 11 is 0. The Hall–Kier alpha value is -5.09. The van der Waals surface area contributed by atoms with Crippen LogP contribution in [0.15, 0.2) is 97.1 Å². The molecule has 40 heavy (non-hydrogen) atoms. The Morgan fingerprint density at radius 2 is 1.25 bits per heavy atom. The van der Waals surface area contributed by atoms with Gasteiger partial charge in [0.25, 0.3) is 0 Å². The molecule has 1 N–H and O–H groups in total. The van der Waals surface area contributed by atoms with Gasteiger partial charge >= 0.3 is 11.9 Å². The van der Waals surface area contributed by atoms with Crippen LogP contribution < -0.4 is 14.2 Å². The third-order valence-electron chi connectivity index (χ3n) is 7.52. The number of benzene rings is 4. The summed E-state index contributed by atoms with van der Waals surface area (Å²) in [6.45, 7) is 0. The monoisotopic (exact) mass is 533 g/mol. The normalized spacial score (nSPS) is 19.5. The number of hydrogen-bond acceptors (Lipinski definition) is 6. The Balaban J connectivity index is 1.60. The Morgan fingerprint density at radius 3 is 1.77 bits per heavy atom. The van der Waals surface area contributed by atoms with E-state index in [-0.39, 0.29) is 11.3 Å². The van der Waals surface area contributed by atoms with Gasteiger partial charge in [0.1, 0.15) is 23.3 Å². The van der Waals surface area contributed by atoms with Gasteiger partial charge in [-0.05, 0) is 46.5 Å². The number of carbonyl (C=O) groups excluding carboxylic acids is 1. The minimum Gasteiger partial charge on any atom is -0.496 e. The average molecular weight is 534 g/mol. The van der Waals surface area contributed by atoms with Crippen LogP contribution in [0.25, 0.3) is 11.1 Å². The summed E-state index contributed by atoms with van der Waals surface area (Å²) in [5.74, 6) is -3.90. The highest BCUT2D eigenvalue weighted by Crippen LogP contribution is 2.60. The first-order valence-corrected chi connectivity index (χ1v) is 12.8. The van der Waals surface area contributed by atoms with Gasteiger partial charge in [-0.2, -0.15) is 5.26 Å². The van der Waals surface area contributed by atoms with Gasteiger partial charge in [0, 0.05) is 11.8 Å². The van der Waals surface area contributed by atoms with Gasteiger partial charge < -0.3 is 19.3 Å². The molecule has 4 aromatic rings. The van der Waals surface area contributed by atoms with Crippen LogP contribution in [0, 0.1) is 23.2 Å². The zero-order valence-corrected chi connectivity index (χ0v) is 22.0. The first kappa shape index (κ1) is 26.5. The maximum Gasteiger partial charge on any atom is 0.315 e. The highest BCUT2D eigenvalue weighted by Gasteiger charge is 2.60. The highest BCUT2D eigenvalue weighted by atomic mass is 16.5. The zero-order chi connectivity index (χ0) is 28.2.